The van der Waals surface area contributed by atoms with Crippen molar-refractivity contribution in [1.29, 1.82) is 0 Å². The molecule has 10 rings (SSSR count). The molecule has 0 saturated heterocycles. The van der Waals surface area contributed by atoms with E-state index in [0.717, 1.165) is 308 Å². The van der Waals surface area contributed by atoms with Crippen LogP contribution in [0.15, 0.2) is 84.9 Å². The maximum Gasteiger partial charge on any atom is 0.126 e. The predicted octanol–water partition coefficient (Wildman–Crippen LogP) is 37.4. The Hall–Kier alpha value is -9.44. The molecule has 0 aliphatic heterocycles. The molecule has 0 amide bonds. The SMILES string of the molecule is CCCCCCCCCC1c2cc(c(O)cc2O)C(CCCCCCCCC)c2cc(c(O)cc2O)C(CCCCCCCCC)c2cc(c(O)c(Cc3c(O)c4cc(c3O)C(CCCCCCCCC)c3cc(c(O)cc3O)C(CCCCCCCCC)c3cc(c(O)cc3O)C(CCCCCCCCC)c3cc(c(O)cc3O)C4CCCCCCCCC)c2O)C(CCCCCCCCC)c2cc1c(O)cc2O. The summed E-state index contributed by atoms with van der Waals surface area (Å²) in [7, 11) is 0. The van der Waals surface area contributed by atoms with Crippen LogP contribution < -0.4 is 0 Å². The van der Waals surface area contributed by atoms with Gasteiger partial charge in [-0.05, 0) is 99.9 Å². The summed E-state index contributed by atoms with van der Waals surface area (Å²) in [6.07, 6.45) is 55.4. The quantitative estimate of drug-likeness (QED) is 0.0158. The lowest BCUT2D eigenvalue weighted by Gasteiger charge is -2.31. The van der Waals surface area contributed by atoms with Crippen molar-refractivity contribution in [1.82, 2.24) is 0 Å². The van der Waals surface area contributed by atoms with Crippen LogP contribution in [0.3, 0.4) is 0 Å². The van der Waals surface area contributed by atoms with Crippen molar-refractivity contribution in [2.24, 2.45) is 0 Å². The third-order valence-electron chi connectivity index (χ3n) is 33.0. The summed E-state index contributed by atoms with van der Waals surface area (Å²) in [6, 6.07) is 22.9. The molecule has 0 spiro atoms. The van der Waals surface area contributed by atoms with Crippen molar-refractivity contribution >= 4 is 0 Å². The molecule has 8 unspecified atom stereocenters. The Morgan fingerprint density at radius 1 is 0.124 bits per heavy atom. The van der Waals surface area contributed by atoms with Crippen LogP contribution in [-0.2, 0) is 6.42 Å². The lowest BCUT2D eigenvalue weighted by Crippen LogP contribution is -2.13. The second kappa shape index (κ2) is 62.8. The number of aromatic hydroxyl groups is 16. The molecule has 0 aromatic heterocycles. The van der Waals surface area contributed by atoms with Crippen LogP contribution in [0.1, 0.15) is 614 Å². The Balaban J connectivity index is 1.37. The Bertz CT molecular complexity index is 4570. The topological polar surface area (TPSA) is 324 Å². The predicted molar refractivity (Wildman–Crippen MR) is 597 cm³/mol. The van der Waals surface area contributed by atoms with Crippen molar-refractivity contribution in [3.05, 3.63) is 185 Å². The number of phenols is 16. The number of hydrogen-bond acceptors (Lipinski definition) is 16. The second-order valence-electron chi connectivity index (χ2n) is 44.2. The van der Waals surface area contributed by atoms with Gasteiger partial charge in [0.2, 0.25) is 0 Å². The van der Waals surface area contributed by atoms with E-state index >= 15 is 0 Å². The van der Waals surface area contributed by atoms with Gasteiger partial charge in [-0.1, -0.05) is 415 Å². The highest BCUT2D eigenvalue weighted by Gasteiger charge is 2.40. The van der Waals surface area contributed by atoms with Crippen LogP contribution in [0, 0.1) is 0 Å². The molecule has 16 heteroatoms. The molecule has 0 radical (unpaired) electrons. The van der Waals surface area contributed by atoms with Gasteiger partial charge in [0, 0.05) is 190 Å². The molecular formula is C129H192O16. The molecule has 0 saturated carbocycles. The van der Waals surface area contributed by atoms with Gasteiger partial charge >= 0.3 is 0 Å². The first-order valence-electron chi connectivity index (χ1n) is 58.9. The molecule has 804 valence electrons. The van der Waals surface area contributed by atoms with Crippen LogP contribution in [0.5, 0.6) is 92.0 Å². The number of rotatable bonds is 66. The first-order chi connectivity index (χ1) is 70.4. The zero-order valence-corrected chi connectivity index (χ0v) is 90.8. The third kappa shape index (κ3) is 33.3. The maximum absolute atomic E-state index is 14.6. The van der Waals surface area contributed by atoms with E-state index in [2.05, 4.69) is 55.4 Å². The van der Waals surface area contributed by atoms with Crippen molar-refractivity contribution in [2.75, 3.05) is 0 Å². The largest absolute Gasteiger partial charge is 0.508 e. The van der Waals surface area contributed by atoms with Gasteiger partial charge in [0.1, 0.15) is 92.0 Å². The second-order valence-corrected chi connectivity index (χ2v) is 44.2. The minimum absolute atomic E-state index is 0.104. The van der Waals surface area contributed by atoms with E-state index in [4.69, 9.17) is 0 Å². The Kier molecular flexibility index (Phi) is 50.8. The summed E-state index contributed by atoms with van der Waals surface area (Å²) in [5, 5.41) is 214. The molecule has 16 nitrogen and oxygen atoms in total. The van der Waals surface area contributed by atoms with Gasteiger partial charge in [-0.25, -0.2) is 0 Å². The Labute approximate surface area is 873 Å². The van der Waals surface area contributed by atoms with E-state index in [1.165, 1.54) is 36.4 Å². The fourth-order valence-electron chi connectivity index (χ4n) is 24.4. The van der Waals surface area contributed by atoms with Crippen LogP contribution in [0.2, 0.25) is 0 Å². The highest BCUT2D eigenvalue weighted by atomic mass is 16.3. The first kappa shape index (κ1) is 117. The highest BCUT2D eigenvalue weighted by Crippen LogP contribution is 2.59. The number of benzene rings is 8. The minimum atomic E-state index is -0.944. The lowest BCUT2D eigenvalue weighted by molar-refractivity contribution is 0.409. The molecule has 145 heavy (non-hydrogen) atoms. The van der Waals surface area contributed by atoms with E-state index in [1.807, 2.05) is 48.5 Å². The highest BCUT2D eigenvalue weighted by molar-refractivity contribution is 5.70. The maximum atomic E-state index is 14.6. The van der Waals surface area contributed by atoms with Crippen LogP contribution >= 0.6 is 0 Å². The van der Waals surface area contributed by atoms with E-state index in [1.54, 1.807) is 0 Å². The third-order valence-corrected chi connectivity index (χ3v) is 33.0. The Morgan fingerprint density at radius 3 is 0.338 bits per heavy atom. The standard InChI is InChI=1S/C129H192O16/c1-9-17-25-33-41-49-57-65-88-96-73-97(115(131)82-114(96)130)89(66-58-50-42-34-26-18-10-2)101-76-105(123(139)85-119(101)135)93(70-62-54-46-38-30-22-14-6)109-79-108(92(69-61-53-45-37-29-21-13-5)104-75-100(88)118(134)84-122(104)138)126(142)112(127(109)143)81-113-128(144)110-80-111(129(113)145)95(72-64-56-48-40-32-24-16-8)107-78-103(121(137)87-125(107)141)91(68-60-52-44-36-28-20-12-4)99-74-98(116(132)83-117(99)133)90(67-59-51-43-35-27-19-11-3)102-77-106(124(140)86-120(102)136)94(110)71-63-55-47-39-31-23-15-7/h73-80,82-95,130-145H,9-72,81H2,1-8H3. The number of fused-ring (bicyclic) bond motifs is 16. The van der Waals surface area contributed by atoms with Gasteiger partial charge in [-0.2, -0.15) is 0 Å². The molecule has 8 atom stereocenters. The summed E-state index contributed by atoms with van der Waals surface area (Å²) >= 11 is 0. The molecule has 2 aliphatic carbocycles. The van der Waals surface area contributed by atoms with Gasteiger partial charge in [0.05, 0.1) is 0 Å². The molecule has 2 aliphatic rings. The van der Waals surface area contributed by atoms with E-state index in [-0.39, 0.29) is 102 Å². The monoisotopic (exact) mass is 2000 g/mol. The number of hydrogen-bond donors (Lipinski definition) is 16. The fraction of sp³-hybridized carbons (Fsp3) is 0.628. The van der Waals surface area contributed by atoms with Gasteiger partial charge in [0.25, 0.3) is 0 Å². The van der Waals surface area contributed by atoms with Crippen molar-refractivity contribution in [3.63, 3.8) is 0 Å². The van der Waals surface area contributed by atoms with Crippen molar-refractivity contribution in [3.8, 4) is 92.0 Å². The number of phenolic OH excluding ortho intramolecular Hbond substituents is 16. The van der Waals surface area contributed by atoms with Crippen LogP contribution in [-0.4, -0.2) is 81.7 Å². The van der Waals surface area contributed by atoms with E-state index in [0.29, 0.717) is 169 Å². The Morgan fingerprint density at radius 2 is 0.221 bits per heavy atom. The number of unbranched alkanes of at least 4 members (excludes halogenated alkanes) is 48. The van der Waals surface area contributed by atoms with Gasteiger partial charge in [-0.15, -0.1) is 0 Å². The normalized spacial score (nSPS) is 16.7. The molecule has 8 aromatic rings. The zero-order chi connectivity index (χ0) is 104. The average molecular weight is 2000 g/mol. The van der Waals surface area contributed by atoms with Gasteiger partial charge in [0.15, 0.2) is 0 Å². The summed E-state index contributed by atoms with van der Waals surface area (Å²) in [4.78, 5) is 0. The molecule has 0 fully saturated rings. The summed E-state index contributed by atoms with van der Waals surface area (Å²) in [6.45, 7) is 17.6. The summed E-state index contributed by atoms with van der Waals surface area (Å²) in [5.74, 6) is -11.1. The summed E-state index contributed by atoms with van der Waals surface area (Å²) in [5.41, 5.74) is 5.67. The molecule has 16 bridgehead atoms. The average Bonchev–Trinajstić information content (AvgIpc) is 0.744. The van der Waals surface area contributed by atoms with Gasteiger partial charge < -0.3 is 81.7 Å². The molecular weight excluding hydrogens is 1810 g/mol. The van der Waals surface area contributed by atoms with E-state index < -0.39 is 76.8 Å². The molecule has 0 heterocycles. The van der Waals surface area contributed by atoms with Crippen molar-refractivity contribution < 1.29 is 81.7 Å². The van der Waals surface area contributed by atoms with Crippen molar-refractivity contribution in [2.45, 2.75) is 520 Å². The zero-order valence-electron chi connectivity index (χ0n) is 90.8. The lowest BCUT2D eigenvalue weighted by atomic mass is 9.74. The van der Waals surface area contributed by atoms with Crippen LogP contribution in [0.25, 0.3) is 0 Å². The minimum Gasteiger partial charge on any atom is -0.508 e. The summed E-state index contributed by atoms with van der Waals surface area (Å²) < 4.78 is 0. The first-order valence-corrected chi connectivity index (χ1v) is 58.9. The smallest absolute Gasteiger partial charge is 0.126 e. The molecule has 16 N–H and O–H groups in total. The van der Waals surface area contributed by atoms with Crippen LogP contribution in [0.4, 0.5) is 0 Å². The fourth-order valence-corrected chi connectivity index (χ4v) is 24.4. The molecule has 8 aromatic carbocycles. The van der Waals surface area contributed by atoms with Gasteiger partial charge in [-0.3, -0.25) is 0 Å². The van der Waals surface area contributed by atoms with E-state index in [9.17, 15) is 81.7 Å².